The minimum Gasteiger partial charge on any atom is -0.389 e. The Morgan fingerprint density at radius 1 is 1.39 bits per heavy atom. The lowest BCUT2D eigenvalue weighted by Gasteiger charge is -2.09. The molecule has 0 saturated carbocycles. The molecule has 0 fully saturated rings. The number of halogens is 1. The zero-order valence-corrected chi connectivity index (χ0v) is 11.1. The van der Waals surface area contributed by atoms with Gasteiger partial charge in [-0.3, -0.25) is 0 Å². The molecule has 0 aliphatic rings. The Hall–Kier alpha value is -1.45. The lowest BCUT2D eigenvalue weighted by atomic mass is 10.1. The van der Waals surface area contributed by atoms with Gasteiger partial charge in [-0.2, -0.15) is 0 Å². The zero-order valence-electron chi connectivity index (χ0n) is 10.4. The molecule has 0 saturated heterocycles. The third-order valence-corrected chi connectivity index (χ3v) is 3.00. The van der Waals surface area contributed by atoms with Crippen molar-refractivity contribution in [1.29, 1.82) is 0 Å². The second-order valence-corrected chi connectivity index (χ2v) is 4.75. The van der Waals surface area contributed by atoms with E-state index in [9.17, 15) is 5.11 Å². The van der Waals surface area contributed by atoms with Crippen LogP contribution >= 0.6 is 11.6 Å². The predicted octanol–water partition coefficient (Wildman–Crippen LogP) is 3.08. The van der Waals surface area contributed by atoms with Crippen LogP contribution in [-0.4, -0.2) is 15.1 Å². The average molecular weight is 263 g/mol. The van der Waals surface area contributed by atoms with Crippen LogP contribution in [0.4, 0.5) is 0 Å². The molecule has 1 aromatic carbocycles. The molecule has 2 aromatic rings. The zero-order chi connectivity index (χ0) is 13.1. The van der Waals surface area contributed by atoms with Gasteiger partial charge in [0.1, 0.15) is 5.82 Å². The van der Waals surface area contributed by atoms with Crippen molar-refractivity contribution in [1.82, 2.24) is 9.97 Å². The molecule has 0 spiro atoms. The van der Waals surface area contributed by atoms with Crippen LogP contribution in [0.2, 0.25) is 5.02 Å². The Morgan fingerprint density at radius 3 is 2.78 bits per heavy atom. The van der Waals surface area contributed by atoms with E-state index in [2.05, 4.69) is 9.97 Å². The van der Waals surface area contributed by atoms with E-state index in [-0.39, 0.29) is 0 Å². The molecule has 0 amide bonds. The van der Waals surface area contributed by atoms with Crippen molar-refractivity contribution in [2.75, 3.05) is 0 Å². The highest BCUT2D eigenvalue weighted by atomic mass is 35.5. The van der Waals surface area contributed by atoms with Crippen molar-refractivity contribution < 1.29 is 5.11 Å². The van der Waals surface area contributed by atoms with E-state index >= 15 is 0 Å². The standard InChI is InChI=1S/C14H15ClN2O/c1-9-13(10(2)18)8-16-14(17-9)7-11-4-3-5-12(15)6-11/h3-6,8,10,18H,7H2,1-2H3/t10-/m1/s1. The van der Waals surface area contributed by atoms with Gasteiger partial charge in [0.05, 0.1) is 6.10 Å². The Labute approximate surface area is 111 Å². The number of aromatic nitrogens is 2. The fourth-order valence-electron chi connectivity index (χ4n) is 1.85. The maximum absolute atomic E-state index is 9.52. The van der Waals surface area contributed by atoms with Crippen LogP contribution in [-0.2, 0) is 6.42 Å². The van der Waals surface area contributed by atoms with E-state index in [1.807, 2.05) is 31.2 Å². The highest BCUT2D eigenvalue weighted by Gasteiger charge is 2.08. The Kier molecular flexibility index (Phi) is 3.94. The smallest absolute Gasteiger partial charge is 0.132 e. The summed E-state index contributed by atoms with van der Waals surface area (Å²) in [6, 6.07) is 7.65. The third-order valence-electron chi connectivity index (χ3n) is 2.77. The predicted molar refractivity (Wildman–Crippen MR) is 71.7 cm³/mol. The van der Waals surface area contributed by atoms with Gasteiger partial charge in [-0.05, 0) is 31.5 Å². The number of hydrogen-bond donors (Lipinski definition) is 1. The van der Waals surface area contributed by atoms with Crippen molar-refractivity contribution in [3.05, 3.63) is 58.1 Å². The van der Waals surface area contributed by atoms with Gasteiger partial charge < -0.3 is 5.11 Å². The van der Waals surface area contributed by atoms with Crippen LogP contribution in [0.5, 0.6) is 0 Å². The molecule has 1 N–H and O–H groups in total. The molecule has 1 aromatic heterocycles. The van der Waals surface area contributed by atoms with E-state index in [1.54, 1.807) is 13.1 Å². The molecular weight excluding hydrogens is 248 g/mol. The topological polar surface area (TPSA) is 46.0 Å². The van der Waals surface area contributed by atoms with Gasteiger partial charge in [-0.15, -0.1) is 0 Å². The van der Waals surface area contributed by atoms with E-state index < -0.39 is 6.10 Å². The lowest BCUT2D eigenvalue weighted by molar-refractivity contribution is 0.197. The summed E-state index contributed by atoms with van der Waals surface area (Å²) in [7, 11) is 0. The monoisotopic (exact) mass is 262 g/mol. The number of aliphatic hydroxyl groups excluding tert-OH is 1. The fourth-order valence-corrected chi connectivity index (χ4v) is 2.06. The molecule has 1 atom stereocenters. The van der Waals surface area contributed by atoms with Crippen LogP contribution < -0.4 is 0 Å². The average Bonchev–Trinajstić information content (AvgIpc) is 2.28. The van der Waals surface area contributed by atoms with E-state index in [0.717, 1.165) is 22.6 Å². The minimum atomic E-state index is -0.537. The summed E-state index contributed by atoms with van der Waals surface area (Å²) in [5.74, 6) is 0.735. The first kappa shape index (κ1) is 13.0. The quantitative estimate of drug-likeness (QED) is 0.925. The maximum Gasteiger partial charge on any atom is 0.132 e. The highest BCUT2D eigenvalue weighted by molar-refractivity contribution is 6.30. The normalized spacial score (nSPS) is 12.4. The SMILES string of the molecule is Cc1nc(Cc2cccc(Cl)c2)ncc1[C@@H](C)O. The summed E-state index contributed by atoms with van der Waals surface area (Å²) in [5, 5.41) is 10.2. The van der Waals surface area contributed by atoms with Crippen molar-refractivity contribution in [3.8, 4) is 0 Å². The summed E-state index contributed by atoms with van der Waals surface area (Å²) < 4.78 is 0. The van der Waals surface area contributed by atoms with Gasteiger partial charge in [0, 0.05) is 28.9 Å². The molecule has 1 heterocycles. The molecule has 4 heteroatoms. The Morgan fingerprint density at radius 2 is 2.17 bits per heavy atom. The third kappa shape index (κ3) is 3.06. The molecule has 0 unspecified atom stereocenters. The number of benzene rings is 1. The van der Waals surface area contributed by atoms with Crippen molar-refractivity contribution in [2.45, 2.75) is 26.4 Å². The number of aryl methyl sites for hydroxylation is 1. The van der Waals surface area contributed by atoms with Gasteiger partial charge in [0.2, 0.25) is 0 Å². The second-order valence-electron chi connectivity index (χ2n) is 4.31. The highest BCUT2D eigenvalue weighted by Crippen LogP contribution is 2.16. The van der Waals surface area contributed by atoms with Gasteiger partial charge >= 0.3 is 0 Å². The van der Waals surface area contributed by atoms with E-state index in [1.165, 1.54) is 0 Å². The molecule has 0 radical (unpaired) electrons. The summed E-state index contributed by atoms with van der Waals surface area (Å²) in [6.07, 6.45) is 1.79. The molecule has 18 heavy (non-hydrogen) atoms. The van der Waals surface area contributed by atoms with Gasteiger partial charge in [-0.1, -0.05) is 23.7 Å². The van der Waals surface area contributed by atoms with Gasteiger partial charge in [-0.25, -0.2) is 9.97 Å². The van der Waals surface area contributed by atoms with Crippen LogP contribution in [0, 0.1) is 6.92 Å². The number of rotatable bonds is 3. The molecule has 0 aliphatic carbocycles. The molecular formula is C14H15ClN2O. The van der Waals surface area contributed by atoms with E-state index in [0.29, 0.717) is 11.4 Å². The van der Waals surface area contributed by atoms with Crippen LogP contribution in [0.3, 0.4) is 0 Å². The van der Waals surface area contributed by atoms with Crippen LogP contribution in [0.15, 0.2) is 30.5 Å². The first-order chi connectivity index (χ1) is 8.56. The van der Waals surface area contributed by atoms with Crippen molar-refractivity contribution in [2.24, 2.45) is 0 Å². The Balaban J connectivity index is 2.23. The minimum absolute atomic E-state index is 0.537. The number of hydrogen-bond acceptors (Lipinski definition) is 3. The van der Waals surface area contributed by atoms with Crippen LogP contribution in [0.25, 0.3) is 0 Å². The summed E-state index contributed by atoms with van der Waals surface area (Å²) >= 11 is 5.94. The van der Waals surface area contributed by atoms with Crippen molar-refractivity contribution >= 4 is 11.6 Å². The lowest BCUT2D eigenvalue weighted by Crippen LogP contribution is -2.04. The largest absolute Gasteiger partial charge is 0.389 e. The summed E-state index contributed by atoms with van der Waals surface area (Å²) in [5.41, 5.74) is 2.66. The van der Waals surface area contributed by atoms with Crippen molar-refractivity contribution in [3.63, 3.8) is 0 Å². The molecule has 0 aliphatic heterocycles. The summed E-state index contributed by atoms with van der Waals surface area (Å²) in [6.45, 7) is 3.59. The molecule has 3 nitrogen and oxygen atoms in total. The Bertz CT molecular complexity index is 555. The van der Waals surface area contributed by atoms with Crippen LogP contribution in [0.1, 0.15) is 35.7 Å². The fraction of sp³-hybridized carbons (Fsp3) is 0.286. The van der Waals surface area contributed by atoms with Gasteiger partial charge in [0.25, 0.3) is 0 Å². The molecule has 0 bridgehead atoms. The molecule has 94 valence electrons. The van der Waals surface area contributed by atoms with Gasteiger partial charge in [0.15, 0.2) is 0 Å². The first-order valence-corrected chi connectivity index (χ1v) is 6.19. The maximum atomic E-state index is 9.52. The summed E-state index contributed by atoms with van der Waals surface area (Å²) in [4.78, 5) is 8.68. The number of aliphatic hydroxyl groups is 1. The first-order valence-electron chi connectivity index (χ1n) is 5.81. The van der Waals surface area contributed by atoms with E-state index in [4.69, 9.17) is 11.6 Å². The second kappa shape index (κ2) is 5.46. The number of nitrogens with zero attached hydrogens (tertiary/aromatic N) is 2. The molecule has 2 rings (SSSR count).